The predicted molar refractivity (Wildman–Crippen MR) is 103 cm³/mol. The van der Waals surface area contributed by atoms with E-state index in [0.717, 1.165) is 28.3 Å². The second-order valence-corrected chi connectivity index (χ2v) is 6.74. The van der Waals surface area contributed by atoms with Gasteiger partial charge in [0.25, 0.3) is 0 Å². The lowest BCUT2D eigenvalue weighted by atomic mass is 9.97. The molecular formula is C21H25N3O2. The number of methoxy groups -OCH3 is 2. The van der Waals surface area contributed by atoms with Gasteiger partial charge in [0.1, 0.15) is 17.2 Å². The van der Waals surface area contributed by atoms with Crippen LogP contribution in [0.25, 0.3) is 11.3 Å². The molecule has 3 aromatic rings. The fourth-order valence-electron chi connectivity index (χ4n) is 2.95. The fourth-order valence-corrected chi connectivity index (χ4v) is 2.95. The topological polar surface area (TPSA) is 49.2 Å². The van der Waals surface area contributed by atoms with Crippen molar-refractivity contribution in [2.75, 3.05) is 14.2 Å². The van der Waals surface area contributed by atoms with Gasteiger partial charge in [-0.3, -0.25) is 0 Å². The minimum Gasteiger partial charge on any atom is -0.496 e. The minimum absolute atomic E-state index is 0.331. The third-order valence-electron chi connectivity index (χ3n) is 4.45. The molecule has 0 N–H and O–H groups in total. The van der Waals surface area contributed by atoms with Gasteiger partial charge in [-0.1, -0.05) is 48.9 Å². The molecule has 136 valence electrons. The third kappa shape index (κ3) is 3.72. The summed E-state index contributed by atoms with van der Waals surface area (Å²) in [6, 6.07) is 12.4. The summed E-state index contributed by atoms with van der Waals surface area (Å²) in [4.78, 5) is 0. The van der Waals surface area contributed by atoms with Gasteiger partial charge in [0.15, 0.2) is 0 Å². The highest BCUT2D eigenvalue weighted by molar-refractivity contribution is 5.70. The molecule has 0 radical (unpaired) electrons. The van der Waals surface area contributed by atoms with Gasteiger partial charge in [-0.15, -0.1) is 5.10 Å². The lowest BCUT2D eigenvalue weighted by Gasteiger charge is -2.16. The molecule has 1 heterocycles. The number of hydrogen-bond acceptors (Lipinski definition) is 4. The zero-order chi connectivity index (χ0) is 18.7. The van der Waals surface area contributed by atoms with Gasteiger partial charge in [-0.2, -0.15) is 0 Å². The van der Waals surface area contributed by atoms with E-state index in [9.17, 15) is 0 Å². The summed E-state index contributed by atoms with van der Waals surface area (Å²) in [5, 5.41) is 8.64. The van der Waals surface area contributed by atoms with Gasteiger partial charge in [-0.05, 0) is 30.0 Å². The third-order valence-corrected chi connectivity index (χ3v) is 4.45. The van der Waals surface area contributed by atoms with Crippen LogP contribution in [0.3, 0.4) is 0 Å². The van der Waals surface area contributed by atoms with Crippen LogP contribution in [0.5, 0.6) is 11.5 Å². The highest BCUT2D eigenvalue weighted by Gasteiger charge is 2.17. The van der Waals surface area contributed by atoms with Crippen LogP contribution in [0.2, 0.25) is 0 Å². The molecule has 1 aromatic heterocycles. The summed E-state index contributed by atoms with van der Waals surface area (Å²) < 4.78 is 12.9. The second-order valence-electron chi connectivity index (χ2n) is 6.74. The van der Waals surface area contributed by atoms with Crippen LogP contribution in [0, 0.1) is 6.92 Å². The Balaban J connectivity index is 1.95. The van der Waals surface area contributed by atoms with Crippen LogP contribution in [-0.4, -0.2) is 29.2 Å². The minimum atomic E-state index is 0.331. The number of ether oxygens (including phenoxy) is 2. The first-order valence-electron chi connectivity index (χ1n) is 8.73. The van der Waals surface area contributed by atoms with Crippen molar-refractivity contribution in [2.24, 2.45) is 0 Å². The maximum absolute atomic E-state index is 5.56. The molecule has 0 unspecified atom stereocenters. The zero-order valence-corrected chi connectivity index (χ0v) is 16.0. The Morgan fingerprint density at radius 1 is 1.00 bits per heavy atom. The molecule has 0 bridgehead atoms. The lowest BCUT2D eigenvalue weighted by Crippen LogP contribution is -2.00. The van der Waals surface area contributed by atoms with Crippen molar-refractivity contribution < 1.29 is 9.47 Å². The van der Waals surface area contributed by atoms with Crippen LogP contribution >= 0.6 is 0 Å². The summed E-state index contributed by atoms with van der Waals surface area (Å²) in [5.74, 6) is 1.89. The van der Waals surface area contributed by atoms with E-state index in [4.69, 9.17) is 9.47 Å². The second kappa shape index (κ2) is 7.60. The molecule has 0 aliphatic carbocycles. The molecule has 5 heteroatoms. The van der Waals surface area contributed by atoms with Crippen LogP contribution in [-0.2, 0) is 6.54 Å². The molecule has 0 saturated heterocycles. The fraction of sp³-hybridized carbons (Fsp3) is 0.333. The van der Waals surface area contributed by atoms with Crippen LogP contribution < -0.4 is 9.47 Å². The van der Waals surface area contributed by atoms with Crippen LogP contribution in [0.1, 0.15) is 36.5 Å². The van der Waals surface area contributed by atoms with Gasteiger partial charge in [0, 0.05) is 11.6 Å². The Morgan fingerprint density at radius 2 is 1.69 bits per heavy atom. The zero-order valence-electron chi connectivity index (χ0n) is 16.0. The van der Waals surface area contributed by atoms with Crippen molar-refractivity contribution in [2.45, 2.75) is 33.2 Å². The standard InChI is InChI=1S/C21H25N3O2/c1-14(2)17-10-18(21(26-5)11-20(17)25-4)19-13-24(23-22-19)12-16-8-6-15(3)7-9-16/h6-11,13-14H,12H2,1-5H3. The van der Waals surface area contributed by atoms with E-state index >= 15 is 0 Å². The predicted octanol–water partition coefficient (Wildman–Crippen LogP) is 4.44. The van der Waals surface area contributed by atoms with Crippen LogP contribution in [0.15, 0.2) is 42.6 Å². The van der Waals surface area contributed by atoms with Crippen molar-refractivity contribution in [3.63, 3.8) is 0 Å². The van der Waals surface area contributed by atoms with E-state index in [1.54, 1.807) is 14.2 Å². The number of aryl methyl sites for hydroxylation is 1. The van der Waals surface area contributed by atoms with Gasteiger partial charge in [-0.25, -0.2) is 4.68 Å². The summed E-state index contributed by atoms with van der Waals surface area (Å²) in [7, 11) is 3.34. The monoisotopic (exact) mass is 351 g/mol. The van der Waals surface area contributed by atoms with Gasteiger partial charge >= 0.3 is 0 Å². The summed E-state index contributed by atoms with van der Waals surface area (Å²) in [6.07, 6.45) is 1.95. The maximum Gasteiger partial charge on any atom is 0.132 e. The average molecular weight is 351 g/mol. The molecule has 5 nitrogen and oxygen atoms in total. The van der Waals surface area contributed by atoms with E-state index in [-0.39, 0.29) is 0 Å². The Hall–Kier alpha value is -2.82. The summed E-state index contributed by atoms with van der Waals surface area (Å²) >= 11 is 0. The van der Waals surface area contributed by atoms with Crippen molar-refractivity contribution in [3.05, 3.63) is 59.3 Å². The number of aromatic nitrogens is 3. The number of nitrogens with zero attached hydrogens (tertiary/aromatic N) is 3. The number of rotatable bonds is 6. The van der Waals surface area contributed by atoms with E-state index in [2.05, 4.69) is 61.4 Å². The first-order chi connectivity index (χ1) is 12.5. The number of hydrogen-bond donors (Lipinski definition) is 0. The molecule has 0 atom stereocenters. The van der Waals surface area contributed by atoms with Gasteiger partial charge in [0.2, 0.25) is 0 Å². The number of benzene rings is 2. The highest BCUT2D eigenvalue weighted by Crippen LogP contribution is 2.38. The summed E-state index contributed by atoms with van der Waals surface area (Å²) in [5.41, 5.74) is 5.27. The van der Waals surface area contributed by atoms with Crippen molar-refractivity contribution in [1.82, 2.24) is 15.0 Å². The molecule has 2 aromatic carbocycles. The maximum atomic E-state index is 5.56. The lowest BCUT2D eigenvalue weighted by molar-refractivity contribution is 0.390. The Bertz CT molecular complexity index is 883. The average Bonchev–Trinajstić information content (AvgIpc) is 3.10. The van der Waals surface area contributed by atoms with E-state index in [0.29, 0.717) is 12.5 Å². The Kier molecular flexibility index (Phi) is 5.26. The SMILES string of the molecule is COc1cc(OC)c(C(C)C)cc1-c1cn(Cc2ccc(C)cc2)nn1. The van der Waals surface area contributed by atoms with Gasteiger partial charge < -0.3 is 9.47 Å². The first-order valence-corrected chi connectivity index (χ1v) is 8.73. The van der Waals surface area contributed by atoms with E-state index in [1.807, 2.05) is 16.9 Å². The normalized spacial score (nSPS) is 11.0. The Morgan fingerprint density at radius 3 is 2.31 bits per heavy atom. The van der Waals surface area contributed by atoms with E-state index < -0.39 is 0 Å². The quantitative estimate of drug-likeness (QED) is 0.659. The smallest absolute Gasteiger partial charge is 0.132 e. The van der Waals surface area contributed by atoms with Crippen molar-refractivity contribution in [1.29, 1.82) is 0 Å². The molecule has 0 aliphatic heterocycles. The van der Waals surface area contributed by atoms with E-state index in [1.165, 1.54) is 11.1 Å². The molecule has 3 rings (SSSR count). The van der Waals surface area contributed by atoms with Crippen molar-refractivity contribution >= 4 is 0 Å². The Labute approximate surface area is 154 Å². The molecular weight excluding hydrogens is 326 g/mol. The molecule has 0 fully saturated rings. The molecule has 26 heavy (non-hydrogen) atoms. The molecule has 0 amide bonds. The molecule has 0 spiro atoms. The largest absolute Gasteiger partial charge is 0.496 e. The van der Waals surface area contributed by atoms with Crippen LogP contribution in [0.4, 0.5) is 0 Å². The highest BCUT2D eigenvalue weighted by atomic mass is 16.5. The summed E-state index contributed by atoms with van der Waals surface area (Å²) in [6.45, 7) is 7.05. The van der Waals surface area contributed by atoms with Crippen molar-refractivity contribution in [3.8, 4) is 22.8 Å². The molecule has 0 aliphatic rings. The molecule has 0 saturated carbocycles. The first kappa shape index (κ1) is 18.0. The van der Waals surface area contributed by atoms with Gasteiger partial charge in [0.05, 0.1) is 27.0 Å².